The minimum absolute atomic E-state index is 0.105. The minimum atomic E-state index is 0.105. The first-order valence-corrected chi connectivity index (χ1v) is 6.05. The number of hydrogen-bond acceptors (Lipinski definition) is 2. The number of carbonyl (C=O) groups excluding carboxylic acids is 1. The number of rotatable bonds is 3. The third kappa shape index (κ3) is 2.21. The van der Waals surface area contributed by atoms with E-state index < -0.39 is 0 Å². The fourth-order valence-electron chi connectivity index (χ4n) is 1.95. The second-order valence-electron chi connectivity index (χ2n) is 4.57. The van der Waals surface area contributed by atoms with Crippen LogP contribution in [0.15, 0.2) is 30.5 Å². The third-order valence-corrected chi connectivity index (χ3v) is 3.04. The van der Waals surface area contributed by atoms with Crippen LogP contribution in [-0.2, 0) is 0 Å². The van der Waals surface area contributed by atoms with Gasteiger partial charge in [0.15, 0.2) is 5.78 Å². The molecule has 0 radical (unpaired) electrons. The minimum Gasteiger partial charge on any atom is -0.292 e. The fraction of sp³-hybridized carbons (Fsp3) is 0.333. The second-order valence-corrected chi connectivity index (χ2v) is 4.57. The lowest BCUT2D eigenvalue weighted by Gasteiger charge is -2.08. The molecule has 1 aromatic heterocycles. The van der Waals surface area contributed by atoms with Crippen LogP contribution in [0.25, 0.3) is 10.8 Å². The van der Waals surface area contributed by atoms with Crippen LogP contribution < -0.4 is 0 Å². The monoisotopic (exact) mass is 227 g/mol. The normalized spacial score (nSPS) is 11.1. The van der Waals surface area contributed by atoms with E-state index in [-0.39, 0.29) is 5.78 Å². The van der Waals surface area contributed by atoms with Crippen molar-refractivity contribution in [2.45, 2.75) is 33.1 Å². The summed E-state index contributed by atoms with van der Waals surface area (Å²) in [5, 5.41) is 2.06. The molecule has 0 N–H and O–H groups in total. The summed E-state index contributed by atoms with van der Waals surface area (Å²) in [7, 11) is 0. The molecule has 88 valence electrons. The molecule has 2 rings (SSSR count). The fourth-order valence-corrected chi connectivity index (χ4v) is 1.95. The maximum Gasteiger partial charge on any atom is 0.181 e. The number of Topliss-reactive ketones (excluding diaryl/α,β-unsaturated/α-hetero) is 1. The molecule has 0 aliphatic carbocycles. The molecule has 2 nitrogen and oxygen atoms in total. The molecule has 0 spiro atoms. The van der Waals surface area contributed by atoms with Crippen molar-refractivity contribution in [1.82, 2.24) is 4.98 Å². The van der Waals surface area contributed by atoms with E-state index in [2.05, 4.69) is 31.0 Å². The molecule has 0 saturated carbocycles. The summed E-state index contributed by atoms with van der Waals surface area (Å²) in [5.41, 5.74) is 1.89. The first-order valence-electron chi connectivity index (χ1n) is 6.05. The van der Waals surface area contributed by atoms with Crippen molar-refractivity contribution in [3.63, 3.8) is 0 Å². The van der Waals surface area contributed by atoms with Gasteiger partial charge in [0.2, 0.25) is 0 Å². The van der Waals surface area contributed by atoms with Gasteiger partial charge in [0, 0.05) is 18.0 Å². The van der Waals surface area contributed by atoms with Gasteiger partial charge in [-0.25, -0.2) is 0 Å². The Hall–Kier alpha value is -1.70. The summed E-state index contributed by atoms with van der Waals surface area (Å²) in [5.74, 6) is 0.603. The number of hydrogen-bond donors (Lipinski definition) is 0. The zero-order valence-corrected chi connectivity index (χ0v) is 10.5. The van der Waals surface area contributed by atoms with Crippen LogP contribution >= 0.6 is 0 Å². The van der Waals surface area contributed by atoms with Crippen LogP contribution in [0, 0.1) is 0 Å². The lowest BCUT2D eigenvalue weighted by molar-refractivity contribution is 0.0985. The zero-order valence-electron chi connectivity index (χ0n) is 10.5. The maximum atomic E-state index is 11.8. The van der Waals surface area contributed by atoms with Gasteiger partial charge in [0.05, 0.1) is 0 Å². The van der Waals surface area contributed by atoms with Crippen LogP contribution in [0.4, 0.5) is 0 Å². The molecule has 1 aromatic carbocycles. The molecule has 0 amide bonds. The predicted molar refractivity (Wildman–Crippen MR) is 70.5 cm³/mol. The summed E-state index contributed by atoms with van der Waals surface area (Å²) in [6.45, 7) is 6.20. The van der Waals surface area contributed by atoms with Crippen molar-refractivity contribution >= 4 is 16.6 Å². The Morgan fingerprint density at radius 1 is 1.29 bits per heavy atom. The number of carbonyl (C=O) groups is 1. The van der Waals surface area contributed by atoms with E-state index in [1.54, 1.807) is 6.20 Å². The third-order valence-electron chi connectivity index (χ3n) is 3.04. The quantitative estimate of drug-likeness (QED) is 0.743. The molecule has 2 heteroatoms. The Labute approximate surface area is 102 Å². The Morgan fingerprint density at radius 3 is 2.71 bits per heavy atom. The van der Waals surface area contributed by atoms with Crippen molar-refractivity contribution in [2.24, 2.45) is 0 Å². The first kappa shape index (κ1) is 11.8. The summed E-state index contributed by atoms with van der Waals surface area (Å²) >= 11 is 0. The van der Waals surface area contributed by atoms with Gasteiger partial charge in [-0.15, -0.1) is 0 Å². The maximum absolute atomic E-state index is 11.8. The van der Waals surface area contributed by atoms with E-state index in [0.717, 1.165) is 10.8 Å². The SMILES string of the molecule is CCC(=O)c1nccc2cc(C(C)C)ccc12. The molecule has 0 bridgehead atoms. The number of fused-ring (bicyclic) bond motifs is 1. The Balaban J connectivity index is 2.63. The summed E-state index contributed by atoms with van der Waals surface area (Å²) in [4.78, 5) is 16.0. The lowest BCUT2D eigenvalue weighted by Crippen LogP contribution is -2.01. The Kier molecular flexibility index (Phi) is 3.23. The highest BCUT2D eigenvalue weighted by molar-refractivity contribution is 6.06. The summed E-state index contributed by atoms with van der Waals surface area (Å²) in [6, 6.07) is 8.21. The first-order chi connectivity index (χ1) is 8.13. The standard InChI is InChI=1S/C15H17NO/c1-4-14(17)15-13-6-5-11(10(2)3)9-12(13)7-8-16-15/h5-10H,4H2,1-3H3. The molecule has 0 atom stereocenters. The highest BCUT2D eigenvalue weighted by Crippen LogP contribution is 2.23. The molecule has 0 aliphatic rings. The van der Waals surface area contributed by atoms with Crippen LogP contribution in [-0.4, -0.2) is 10.8 Å². The van der Waals surface area contributed by atoms with E-state index in [0.29, 0.717) is 18.0 Å². The largest absolute Gasteiger partial charge is 0.292 e. The van der Waals surface area contributed by atoms with Gasteiger partial charge in [-0.05, 0) is 22.9 Å². The van der Waals surface area contributed by atoms with Crippen LogP contribution in [0.1, 0.15) is 49.2 Å². The predicted octanol–water partition coefficient (Wildman–Crippen LogP) is 3.95. The molecule has 0 aliphatic heterocycles. The van der Waals surface area contributed by atoms with E-state index in [9.17, 15) is 4.79 Å². The van der Waals surface area contributed by atoms with Gasteiger partial charge in [0.1, 0.15) is 5.69 Å². The molecular formula is C15H17NO. The highest BCUT2D eigenvalue weighted by atomic mass is 16.1. The zero-order chi connectivity index (χ0) is 12.4. The van der Waals surface area contributed by atoms with Gasteiger partial charge >= 0.3 is 0 Å². The smallest absolute Gasteiger partial charge is 0.181 e. The van der Waals surface area contributed by atoms with Gasteiger partial charge in [0.25, 0.3) is 0 Å². The summed E-state index contributed by atoms with van der Waals surface area (Å²) in [6.07, 6.45) is 2.22. The van der Waals surface area contributed by atoms with Crippen molar-refractivity contribution in [1.29, 1.82) is 0 Å². The van der Waals surface area contributed by atoms with Gasteiger partial charge in [-0.3, -0.25) is 9.78 Å². The average molecular weight is 227 g/mol. The number of ketones is 1. The number of benzene rings is 1. The van der Waals surface area contributed by atoms with E-state index in [1.807, 2.05) is 19.1 Å². The van der Waals surface area contributed by atoms with Crippen LogP contribution in [0.2, 0.25) is 0 Å². The van der Waals surface area contributed by atoms with Crippen molar-refractivity contribution in [2.75, 3.05) is 0 Å². The Bertz CT molecular complexity index is 558. The van der Waals surface area contributed by atoms with Crippen molar-refractivity contribution < 1.29 is 4.79 Å². The van der Waals surface area contributed by atoms with Gasteiger partial charge < -0.3 is 0 Å². The Morgan fingerprint density at radius 2 is 2.06 bits per heavy atom. The van der Waals surface area contributed by atoms with Crippen molar-refractivity contribution in [3.8, 4) is 0 Å². The molecule has 2 aromatic rings. The lowest BCUT2D eigenvalue weighted by atomic mass is 9.98. The second kappa shape index (κ2) is 4.66. The molecular weight excluding hydrogens is 210 g/mol. The van der Waals surface area contributed by atoms with E-state index >= 15 is 0 Å². The molecule has 0 unspecified atom stereocenters. The molecule has 0 saturated heterocycles. The molecule has 0 fully saturated rings. The number of pyridine rings is 1. The van der Waals surface area contributed by atoms with Crippen LogP contribution in [0.3, 0.4) is 0 Å². The molecule has 17 heavy (non-hydrogen) atoms. The molecule has 1 heterocycles. The number of nitrogens with zero attached hydrogens (tertiary/aromatic N) is 1. The average Bonchev–Trinajstić information content (AvgIpc) is 2.36. The van der Waals surface area contributed by atoms with Gasteiger partial charge in [-0.2, -0.15) is 0 Å². The summed E-state index contributed by atoms with van der Waals surface area (Å²) < 4.78 is 0. The van der Waals surface area contributed by atoms with Gasteiger partial charge in [-0.1, -0.05) is 39.0 Å². The van der Waals surface area contributed by atoms with Crippen molar-refractivity contribution in [3.05, 3.63) is 41.7 Å². The van der Waals surface area contributed by atoms with E-state index in [4.69, 9.17) is 0 Å². The number of aromatic nitrogens is 1. The van der Waals surface area contributed by atoms with Crippen LogP contribution in [0.5, 0.6) is 0 Å². The highest BCUT2D eigenvalue weighted by Gasteiger charge is 2.10. The topological polar surface area (TPSA) is 30.0 Å². The van der Waals surface area contributed by atoms with E-state index in [1.165, 1.54) is 5.56 Å².